The number of fused-ring (bicyclic) bond motifs is 2. The Hall–Kier alpha value is -3.41. The molecule has 6 bridgehead atoms. The SMILES string of the molecule is C=C1C[C@H](CCC23C[C@H]4O[C@H]5[C@@H](O2)[C@H]2O[C@@H](CC(C)=O)CC[C@@H]2O[C@H]5[C@H]4O3)OC1CC[C@H]1C[C@@H](C)C(=C)[C@@H](CC2O[C@H](C[C@@H](CN3C(=O)c4ccccc4C3=O)O[Si](C)(C)C(C)(C)C)[C@H](C)C2CCc2ccccc2)O1. The number of aryl methyl sites for hydroxylation is 1. The fourth-order valence-corrected chi connectivity index (χ4v) is 15.7. The van der Waals surface area contributed by atoms with E-state index in [9.17, 15) is 14.4 Å². The summed E-state index contributed by atoms with van der Waals surface area (Å²) < 4.78 is 62.0. The summed E-state index contributed by atoms with van der Waals surface area (Å²) in [6.45, 7) is 26.7. The summed E-state index contributed by atoms with van der Waals surface area (Å²) in [6.07, 6.45) is 8.43. The van der Waals surface area contributed by atoms with Gasteiger partial charge in [-0.1, -0.05) is 90.2 Å². The molecule has 0 spiro atoms. The molecule has 9 fully saturated rings. The fourth-order valence-electron chi connectivity index (χ4n) is 14.4. The highest BCUT2D eigenvalue weighted by molar-refractivity contribution is 6.74. The molecular formula is C62H85NO12Si. The van der Waals surface area contributed by atoms with Crippen LogP contribution in [-0.2, 0) is 53.5 Å². The zero-order valence-corrected chi connectivity index (χ0v) is 47.5. The number of carbonyl (C=O) groups is 3. The zero-order valence-electron chi connectivity index (χ0n) is 46.5. The Labute approximate surface area is 452 Å². The molecule has 9 saturated heterocycles. The normalized spacial score (nSPS) is 39.2. The molecule has 2 amide bonds. The van der Waals surface area contributed by atoms with Crippen molar-refractivity contribution in [1.29, 1.82) is 0 Å². The highest BCUT2D eigenvalue weighted by Gasteiger charge is 2.69. The predicted molar refractivity (Wildman–Crippen MR) is 289 cm³/mol. The fraction of sp³-hybridized carbons (Fsp3) is 0.694. The molecule has 14 heteroatoms. The first-order valence-electron chi connectivity index (χ1n) is 29.0. The number of hydrogen-bond donors (Lipinski definition) is 0. The topological polar surface area (TPSA) is 138 Å². The van der Waals surface area contributed by atoms with Crippen molar-refractivity contribution < 1.29 is 56.7 Å². The first-order chi connectivity index (χ1) is 36.2. The molecule has 0 aliphatic carbocycles. The van der Waals surface area contributed by atoms with E-state index < -0.39 is 20.2 Å². The zero-order chi connectivity index (χ0) is 53.4. The van der Waals surface area contributed by atoms with E-state index in [0.29, 0.717) is 43.2 Å². The van der Waals surface area contributed by atoms with Gasteiger partial charge in [-0.2, -0.15) is 0 Å². The maximum atomic E-state index is 13.8. The molecule has 4 unspecified atom stereocenters. The van der Waals surface area contributed by atoms with Crippen LogP contribution in [0.3, 0.4) is 0 Å². The van der Waals surface area contributed by atoms with E-state index in [2.05, 4.69) is 91.2 Å². The van der Waals surface area contributed by atoms with E-state index in [1.54, 1.807) is 19.1 Å². The van der Waals surface area contributed by atoms with Crippen molar-refractivity contribution >= 4 is 25.9 Å². The molecule has 10 heterocycles. The lowest BCUT2D eigenvalue weighted by molar-refractivity contribution is -0.292. The Morgan fingerprint density at radius 3 is 2.17 bits per heavy atom. The lowest BCUT2D eigenvalue weighted by Crippen LogP contribution is -2.61. The second-order valence-corrected chi connectivity index (χ2v) is 30.7. The number of Topliss-reactive ketones (excluding diaryl/α,β-unsaturated/α-hetero) is 1. The van der Waals surface area contributed by atoms with Crippen LogP contribution in [0.25, 0.3) is 0 Å². The summed E-state index contributed by atoms with van der Waals surface area (Å²) in [7, 11) is -2.35. The third-order valence-electron chi connectivity index (χ3n) is 19.6. The summed E-state index contributed by atoms with van der Waals surface area (Å²) in [5, 5.41) is -0.0775. The van der Waals surface area contributed by atoms with Gasteiger partial charge in [0.25, 0.3) is 11.8 Å². The molecule has 10 aliphatic heterocycles. The molecular weight excluding hydrogens is 979 g/mol. The monoisotopic (exact) mass is 1060 g/mol. The van der Waals surface area contributed by atoms with Crippen LogP contribution in [0.15, 0.2) is 78.9 Å². The van der Waals surface area contributed by atoms with Gasteiger partial charge in [-0.3, -0.25) is 19.3 Å². The van der Waals surface area contributed by atoms with Gasteiger partial charge in [-0.15, -0.1) is 0 Å². The van der Waals surface area contributed by atoms with Crippen LogP contribution < -0.4 is 0 Å². The van der Waals surface area contributed by atoms with E-state index in [4.69, 9.17) is 42.3 Å². The van der Waals surface area contributed by atoms with E-state index in [1.807, 2.05) is 12.1 Å². The molecule has 0 aromatic heterocycles. The van der Waals surface area contributed by atoms with Crippen LogP contribution in [0, 0.1) is 17.8 Å². The van der Waals surface area contributed by atoms with Crippen molar-refractivity contribution in [2.24, 2.45) is 17.8 Å². The third kappa shape index (κ3) is 10.8. The minimum atomic E-state index is -2.35. The van der Waals surface area contributed by atoms with Crippen molar-refractivity contribution in [1.82, 2.24) is 4.90 Å². The van der Waals surface area contributed by atoms with E-state index in [0.717, 1.165) is 68.9 Å². The van der Waals surface area contributed by atoms with Gasteiger partial charge in [-0.25, -0.2) is 0 Å². The molecule has 76 heavy (non-hydrogen) atoms. The molecule has 0 radical (unpaired) electrons. The van der Waals surface area contributed by atoms with Crippen LogP contribution in [0.1, 0.15) is 151 Å². The summed E-state index contributed by atoms with van der Waals surface area (Å²) in [5.74, 6) is -0.463. The van der Waals surface area contributed by atoms with Gasteiger partial charge in [0.2, 0.25) is 0 Å². The molecule has 12 rings (SSSR count). The van der Waals surface area contributed by atoms with Crippen molar-refractivity contribution in [3.05, 3.63) is 95.6 Å². The number of benzene rings is 2. The van der Waals surface area contributed by atoms with Gasteiger partial charge >= 0.3 is 0 Å². The molecule has 414 valence electrons. The second kappa shape index (κ2) is 21.6. The van der Waals surface area contributed by atoms with Gasteiger partial charge in [0.05, 0.1) is 78.7 Å². The lowest BCUT2D eigenvalue weighted by atomic mass is 9.79. The molecule has 10 aliphatic rings. The average Bonchev–Trinajstić information content (AvgIpc) is 4.13. The summed E-state index contributed by atoms with van der Waals surface area (Å²) in [4.78, 5) is 41.0. The van der Waals surface area contributed by atoms with Crippen molar-refractivity contribution in [3.8, 4) is 0 Å². The van der Waals surface area contributed by atoms with E-state index in [1.165, 1.54) is 10.5 Å². The minimum absolute atomic E-state index is 0.00652. The maximum Gasteiger partial charge on any atom is 0.261 e. The van der Waals surface area contributed by atoms with E-state index >= 15 is 0 Å². The number of nitrogens with zero attached hydrogens (tertiary/aromatic N) is 1. The second-order valence-electron chi connectivity index (χ2n) is 25.9. The molecule has 2 aromatic carbocycles. The van der Waals surface area contributed by atoms with Gasteiger partial charge in [0.15, 0.2) is 14.1 Å². The molecule has 13 nitrogen and oxygen atoms in total. The smallest absolute Gasteiger partial charge is 0.261 e. The third-order valence-corrected chi connectivity index (χ3v) is 24.2. The molecule has 0 saturated carbocycles. The number of hydrogen-bond acceptors (Lipinski definition) is 12. The highest BCUT2D eigenvalue weighted by Crippen LogP contribution is 2.55. The van der Waals surface area contributed by atoms with Gasteiger partial charge in [0.1, 0.15) is 36.3 Å². The van der Waals surface area contributed by atoms with Crippen LogP contribution in [0.4, 0.5) is 0 Å². The first kappa shape index (κ1) is 54.5. The maximum absolute atomic E-state index is 13.8. The summed E-state index contributed by atoms with van der Waals surface area (Å²) in [5.41, 5.74) is 4.47. The minimum Gasteiger partial charge on any atom is -0.412 e. The van der Waals surface area contributed by atoms with Crippen LogP contribution >= 0.6 is 0 Å². The standard InChI is InChI=1S/C62H85NO12Si/c1-35-28-41(21-24-48-36(2)29-43(67-48)26-27-62-33-53-55(73-62)56-57(72-53)58(74-62)54-49(71-56)25-22-42(69-54)30-37(3)64)68-51(38(35)4)32-52-45(23-20-40-16-12-11-13-17-40)39(5)50(70-52)31-44(75-76(9,10)61(6,7)8)34-63-59(65)46-18-14-15-19-47(46)60(63)66/h11-19,35,39,41-45,48-58H,2,4,20-34H2,1,3,5-10H3/t35-,39-,41+,42-,43+,44+,45?,48?,49+,50-,51-,52?,53-,54+,55+,56+,57-,58+,62?/m1/s1. The number of carbonyl (C=O) groups excluding carboxylic acids is 3. The average molecular weight is 1060 g/mol. The summed E-state index contributed by atoms with van der Waals surface area (Å²) in [6, 6.07) is 17.8. The predicted octanol–water partition coefficient (Wildman–Crippen LogP) is 10.7. The van der Waals surface area contributed by atoms with Crippen molar-refractivity contribution in [2.75, 3.05) is 6.54 Å². The van der Waals surface area contributed by atoms with E-state index in [-0.39, 0.29) is 132 Å². The van der Waals surface area contributed by atoms with Crippen LogP contribution in [0.5, 0.6) is 0 Å². The van der Waals surface area contributed by atoms with Crippen LogP contribution in [-0.4, -0.2) is 135 Å². The van der Waals surface area contributed by atoms with Crippen molar-refractivity contribution in [2.45, 2.75) is 247 Å². The number of ketones is 1. The Kier molecular flexibility index (Phi) is 15.5. The Balaban J connectivity index is 0.728. The number of rotatable bonds is 19. The first-order valence-corrected chi connectivity index (χ1v) is 31.9. The Morgan fingerprint density at radius 2 is 1.45 bits per heavy atom. The Morgan fingerprint density at radius 1 is 0.763 bits per heavy atom. The Bertz CT molecular complexity index is 2460. The molecule has 2 aromatic rings. The number of imide groups is 1. The van der Waals surface area contributed by atoms with Crippen molar-refractivity contribution in [3.63, 3.8) is 0 Å². The van der Waals surface area contributed by atoms with Crippen LogP contribution in [0.2, 0.25) is 18.1 Å². The molecule has 19 atom stereocenters. The van der Waals surface area contributed by atoms with Gasteiger partial charge in [0, 0.05) is 32.1 Å². The molecule has 0 N–H and O–H groups in total. The summed E-state index contributed by atoms with van der Waals surface area (Å²) >= 11 is 0. The highest BCUT2D eigenvalue weighted by atomic mass is 28.4. The largest absolute Gasteiger partial charge is 0.412 e. The number of ether oxygens (including phenoxy) is 8. The van der Waals surface area contributed by atoms with Gasteiger partial charge in [-0.05, 0) is 129 Å². The lowest BCUT2D eigenvalue weighted by Gasteiger charge is -2.47. The quantitative estimate of drug-likeness (QED) is 0.0752. The van der Waals surface area contributed by atoms with Gasteiger partial charge < -0.3 is 42.3 Å². The number of amides is 2.